The predicted octanol–water partition coefficient (Wildman–Crippen LogP) is 1.06. The number of aliphatic hydroxyl groups excluding tert-OH is 1. The molecule has 94 valence electrons. The molecule has 1 heterocycles. The first kappa shape index (κ1) is 12.3. The molecule has 0 spiro atoms. The third-order valence-electron chi connectivity index (χ3n) is 4.45. The summed E-state index contributed by atoms with van der Waals surface area (Å²) >= 11 is 0. The van der Waals surface area contributed by atoms with Gasteiger partial charge < -0.3 is 15.7 Å². The normalized spacial score (nSPS) is 46.1. The van der Waals surface area contributed by atoms with Crippen molar-refractivity contribution < 1.29 is 5.11 Å². The van der Waals surface area contributed by atoms with E-state index >= 15 is 0 Å². The molecule has 0 aromatic heterocycles. The zero-order valence-corrected chi connectivity index (χ0v) is 10.6. The molecule has 0 aromatic carbocycles. The molecular formula is C13H26N2O. The van der Waals surface area contributed by atoms with Crippen LogP contribution in [0.15, 0.2) is 0 Å². The van der Waals surface area contributed by atoms with Crippen LogP contribution in [0.4, 0.5) is 0 Å². The fraction of sp³-hybridized carbons (Fsp3) is 1.00. The highest BCUT2D eigenvalue weighted by Crippen LogP contribution is 2.33. The molecule has 1 aliphatic heterocycles. The van der Waals surface area contributed by atoms with Crippen LogP contribution in [-0.4, -0.2) is 41.8 Å². The topological polar surface area (TPSA) is 49.5 Å². The molecule has 0 aromatic rings. The van der Waals surface area contributed by atoms with Gasteiger partial charge in [-0.05, 0) is 37.0 Å². The number of aliphatic hydroxyl groups is 1. The summed E-state index contributed by atoms with van der Waals surface area (Å²) in [4.78, 5) is 2.39. The lowest BCUT2D eigenvalue weighted by Crippen LogP contribution is -2.46. The number of nitrogens with zero attached hydrogens (tertiary/aromatic N) is 1. The highest BCUT2D eigenvalue weighted by atomic mass is 16.3. The van der Waals surface area contributed by atoms with E-state index in [1.807, 2.05) is 0 Å². The third kappa shape index (κ3) is 2.76. The lowest BCUT2D eigenvalue weighted by Gasteiger charge is -2.39. The van der Waals surface area contributed by atoms with Gasteiger partial charge in [0.15, 0.2) is 0 Å². The molecule has 1 aliphatic carbocycles. The molecule has 5 atom stereocenters. The van der Waals surface area contributed by atoms with Crippen LogP contribution in [0.1, 0.15) is 33.1 Å². The summed E-state index contributed by atoms with van der Waals surface area (Å²) in [5.74, 6) is 2.14. The minimum atomic E-state index is -0.103. The van der Waals surface area contributed by atoms with E-state index in [-0.39, 0.29) is 6.10 Å². The van der Waals surface area contributed by atoms with E-state index in [0.717, 1.165) is 37.9 Å². The fourth-order valence-electron chi connectivity index (χ4n) is 3.56. The van der Waals surface area contributed by atoms with E-state index in [0.29, 0.717) is 12.0 Å². The van der Waals surface area contributed by atoms with Crippen molar-refractivity contribution in [3.05, 3.63) is 0 Å². The van der Waals surface area contributed by atoms with Crippen molar-refractivity contribution in [2.75, 3.05) is 19.6 Å². The number of nitrogens with two attached hydrogens (primary N) is 1. The molecule has 3 N–H and O–H groups in total. The molecule has 2 rings (SSSR count). The van der Waals surface area contributed by atoms with Crippen molar-refractivity contribution in [2.24, 2.45) is 23.5 Å². The van der Waals surface area contributed by atoms with Crippen LogP contribution < -0.4 is 5.73 Å². The molecule has 3 heteroatoms. The molecule has 2 aliphatic rings. The second-order valence-corrected chi connectivity index (χ2v) is 6.08. The third-order valence-corrected chi connectivity index (χ3v) is 4.45. The highest BCUT2D eigenvalue weighted by molar-refractivity contribution is 4.88. The molecule has 16 heavy (non-hydrogen) atoms. The van der Waals surface area contributed by atoms with Gasteiger partial charge in [-0.25, -0.2) is 0 Å². The van der Waals surface area contributed by atoms with Gasteiger partial charge in [-0.15, -0.1) is 0 Å². The van der Waals surface area contributed by atoms with Gasteiger partial charge in [0.05, 0.1) is 6.10 Å². The lowest BCUT2D eigenvalue weighted by atomic mass is 9.72. The van der Waals surface area contributed by atoms with Gasteiger partial charge in [-0.3, -0.25) is 0 Å². The monoisotopic (exact) mass is 226 g/mol. The lowest BCUT2D eigenvalue weighted by molar-refractivity contribution is 0.117. The molecule has 0 bridgehead atoms. The van der Waals surface area contributed by atoms with Gasteiger partial charge in [-0.1, -0.05) is 13.8 Å². The van der Waals surface area contributed by atoms with Gasteiger partial charge in [0, 0.05) is 25.7 Å². The average molecular weight is 226 g/mol. The summed E-state index contributed by atoms with van der Waals surface area (Å²) in [5, 5.41) is 9.53. The Kier molecular flexibility index (Phi) is 3.88. The largest absolute Gasteiger partial charge is 0.392 e. The van der Waals surface area contributed by atoms with E-state index in [2.05, 4.69) is 18.7 Å². The van der Waals surface area contributed by atoms with Gasteiger partial charge in [0.2, 0.25) is 0 Å². The van der Waals surface area contributed by atoms with E-state index in [1.54, 1.807) is 0 Å². The minimum absolute atomic E-state index is 0.103. The molecule has 1 saturated heterocycles. The Labute approximate surface area is 99.0 Å². The van der Waals surface area contributed by atoms with Crippen molar-refractivity contribution in [2.45, 2.75) is 45.3 Å². The van der Waals surface area contributed by atoms with E-state index in [9.17, 15) is 5.11 Å². The van der Waals surface area contributed by atoms with Crippen molar-refractivity contribution in [1.82, 2.24) is 4.90 Å². The Morgan fingerprint density at radius 3 is 2.62 bits per heavy atom. The maximum absolute atomic E-state index is 9.53. The number of likely N-dealkylation sites (tertiary alicyclic amines) is 1. The van der Waals surface area contributed by atoms with Crippen molar-refractivity contribution in [1.29, 1.82) is 0 Å². The Hall–Kier alpha value is -0.120. The number of hydrogen-bond acceptors (Lipinski definition) is 3. The summed E-state index contributed by atoms with van der Waals surface area (Å²) < 4.78 is 0. The van der Waals surface area contributed by atoms with Gasteiger partial charge in [0.1, 0.15) is 0 Å². The Morgan fingerprint density at radius 2 is 2.06 bits per heavy atom. The SMILES string of the molecule is CC1CC(C)C(CN2CCC(O)C2)C(N)C1. The van der Waals surface area contributed by atoms with Crippen LogP contribution in [0.25, 0.3) is 0 Å². The smallest absolute Gasteiger partial charge is 0.0679 e. The molecule has 1 saturated carbocycles. The van der Waals surface area contributed by atoms with Crippen LogP contribution in [0.2, 0.25) is 0 Å². The molecule has 0 radical (unpaired) electrons. The zero-order valence-electron chi connectivity index (χ0n) is 10.6. The van der Waals surface area contributed by atoms with E-state index < -0.39 is 0 Å². The average Bonchev–Trinajstić information content (AvgIpc) is 2.58. The molecule has 2 fully saturated rings. The number of β-amino-alcohol motifs (C(OH)–C–C–N with tert-alkyl or cyclic N) is 1. The first-order chi connectivity index (χ1) is 7.56. The first-order valence-electron chi connectivity index (χ1n) is 6.72. The minimum Gasteiger partial charge on any atom is -0.392 e. The van der Waals surface area contributed by atoms with Crippen molar-refractivity contribution in [3.63, 3.8) is 0 Å². The van der Waals surface area contributed by atoms with Crippen molar-refractivity contribution >= 4 is 0 Å². The second-order valence-electron chi connectivity index (χ2n) is 6.08. The summed E-state index contributed by atoms with van der Waals surface area (Å²) in [5.41, 5.74) is 6.28. The van der Waals surface area contributed by atoms with Gasteiger partial charge >= 0.3 is 0 Å². The van der Waals surface area contributed by atoms with Gasteiger partial charge in [0.25, 0.3) is 0 Å². The quantitative estimate of drug-likeness (QED) is 0.740. The highest BCUT2D eigenvalue weighted by Gasteiger charge is 2.34. The Balaban J connectivity index is 1.88. The standard InChI is InChI=1S/C13H26N2O/c1-9-5-10(2)12(13(14)6-9)8-15-4-3-11(16)7-15/h9-13,16H,3-8,14H2,1-2H3. The zero-order chi connectivity index (χ0) is 11.7. The van der Waals surface area contributed by atoms with Crippen LogP contribution in [0, 0.1) is 17.8 Å². The van der Waals surface area contributed by atoms with Crippen LogP contribution in [0.3, 0.4) is 0 Å². The second kappa shape index (κ2) is 5.03. The predicted molar refractivity (Wildman–Crippen MR) is 66.1 cm³/mol. The molecule has 5 unspecified atom stereocenters. The Morgan fingerprint density at radius 1 is 1.31 bits per heavy atom. The van der Waals surface area contributed by atoms with E-state index in [1.165, 1.54) is 12.8 Å². The summed E-state index contributed by atoms with van der Waals surface area (Å²) in [6.07, 6.45) is 3.32. The Bertz CT molecular complexity index is 222. The van der Waals surface area contributed by atoms with Crippen LogP contribution in [0.5, 0.6) is 0 Å². The maximum Gasteiger partial charge on any atom is 0.0679 e. The van der Waals surface area contributed by atoms with Crippen LogP contribution in [-0.2, 0) is 0 Å². The first-order valence-corrected chi connectivity index (χ1v) is 6.72. The van der Waals surface area contributed by atoms with Crippen molar-refractivity contribution in [3.8, 4) is 0 Å². The number of hydrogen-bond donors (Lipinski definition) is 2. The summed E-state index contributed by atoms with van der Waals surface area (Å²) in [7, 11) is 0. The molecule has 3 nitrogen and oxygen atoms in total. The molecule has 0 amide bonds. The van der Waals surface area contributed by atoms with Gasteiger partial charge in [-0.2, -0.15) is 0 Å². The fourth-order valence-corrected chi connectivity index (χ4v) is 3.56. The summed E-state index contributed by atoms with van der Waals surface area (Å²) in [6.45, 7) is 7.64. The summed E-state index contributed by atoms with van der Waals surface area (Å²) in [6, 6.07) is 0.358. The number of rotatable bonds is 2. The molecular weight excluding hydrogens is 200 g/mol. The van der Waals surface area contributed by atoms with E-state index in [4.69, 9.17) is 5.73 Å². The maximum atomic E-state index is 9.53. The van der Waals surface area contributed by atoms with Crippen LogP contribution >= 0.6 is 0 Å².